The lowest BCUT2D eigenvalue weighted by molar-refractivity contribution is 0.0549. The smallest absolute Gasteiger partial charge is 0.343 e. The highest BCUT2D eigenvalue weighted by atomic mass is 16.5. The molecule has 0 N–H and O–H groups in total. The first-order valence-corrected chi connectivity index (χ1v) is 9.04. The summed E-state index contributed by atoms with van der Waals surface area (Å²) in [6.45, 7) is 3.47. The molecule has 0 radical (unpaired) electrons. The second-order valence-electron chi connectivity index (χ2n) is 6.09. The van der Waals surface area contributed by atoms with Crippen molar-refractivity contribution in [3.63, 3.8) is 0 Å². The van der Waals surface area contributed by atoms with Gasteiger partial charge in [-0.15, -0.1) is 0 Å². The van der Waals surface area contributed by atoms with E-state index in [0.717, 1.165) is 0 Å². The lowest BCUT2D eigenvalue weighted by Gasteiger charge is -2.10. The van der Waals surface area contributed by atoms with Gasteiger partial charge in [0.25, 0.3) is 0 Å². The Kier molecular flexibility index (Phi) is 6.74. The van der Waals surface area contributed by atoms with Crippen LogP contribution in [0.25, 0.3) is 0 Å². The predicted molar refractivity (Wildman–Crippen MR) is 110 cm³/mol. The maximum atomic E-state index is 12.6. The van der Waals surface area contributed by atoms with Crippen molar-refractivity contribution in [3.8, 4) is 11.5 Å². The molecule has 0 aliphatic carbocycles. The van der Waals surface area contributed by atoms with Crippen LogP contribution in [0.3, 0.4) is 0 Å². The minimum absolute atomic E-state index is 0.00641. The van der Waals surface area contributed by atoms with E-state index in [9.17, 15) is 14.4 Å². The van der Waals surface area contributed by atoms with Gasteiger partial charge in [-0.05, 0) is 42.5 Å². The number of benzene rings is 3. The number of para-hydroxylation sites is 2. The van der Waals surface area contributed by atoms with Gasteiger partial charge in [-0.25, -0.2) is 14.4 Å². The number of carbonyl (C=O) groups excluding carboxylic acids is 3. The molecule has 0 unspecified atom stereocenters. The average molecular weight is 402 g/mol. The zero-order valence-electron chi connectivity index (χ0n) is 15.9. The van der Waals surface area contributed by atoms with Gasteiger partial charge in [0.2, 0.25) is 0 Å². The summed E-state index contributed by atoms with van der Waals surface area (Å²) in [5.74, 6) is -1.51. The van der Waals surface area contributed by atoms with E-state index in [4.69, 9.17) is 14.2 Å². The zero-order chi connectivity index (χ0) is 21.3. The molecule has 0 spiro atoms. The molecule has 0 heterocycles. The average Bonchev–Trinajstić information content (AvgIpc) is 2.78. The van der Waals surface area contributed by atoms with E-state index in [1.54, 1.807) is 60.7 Å². The SMILES string of the molecule is C=CCOC(=O)c1cc(C(=O)Oc2ccccc2)cc(C(=O)Oc2ccccc2)c1. The van der Waals surface area contributed by atoms with Crippen LogP contribution in [0.5, 0.6) is 11.5 Å². The molecule has 0 amide bonds. The largest absolute Gasteiger partial charge is 0.458 e. The van der Waals surface area contributed by atoms with Crippen molar-refractivity contribution < 1.29 is 28.6 Å². The van der Waals surface area contributed by atoms with Gasteiger partial charge in [-0.2, -0.15) is 0 Å². The molecule has 0 aromatic heterocycles. The molecule has 150 valence electrons. The molecule has 0 fully saturated rings. The first-order valence-electron chi connectivity index (χ1n) is 9.04. The Labute approximate surface area is 173 Å². The molecule has 3 aromatic carbocycles. The molecule has 6 nitrogen and oxygen atoms in total. The van der Waals surface area contributed by atoms with Crippen LogP contribution in [-0.2, 0) is 4.74 Å². The van der Waals surface area contributed by atoms with Gasteiger partial charge in [-0.3, -0.25) is 0 Å². The van der Waals surface area contributed by atoms with Gasteiger partial charge in [0, 0.05) is 0 Å². The van der Waals surface area contributed by atoms with Crippen molar-refractivity contribution >= 4 is 17.9 Å². The van der Waals surface area contributed by atoms with Gasteiger partial charge >= 0.3 is 17.9 Å². The molecule has 0 bridgehead atoms. The summed E-state index contributed by atoms with van der Waals surface area (Å²) >= 11 is 0. The van der Waals surface area contributed by atoms with E-state index in [1.165, 1.54) is 24.3 Å². The molecule has 3 aromatic rings. The first kappa shape index (κ1) is 20.5. The molecule has 30 heavy (non-hydrogen) atoms. The lowest BCUT2D eigenvalue weighted by atomic mass is 10.1. The Morgan fingerprint density at radius 3 is 1.47 bits per heavy atom. The Morgan fingerprint density at radius 2 is 1.07 bits per heavy atom. The van der Waals surface area contributed by atoms with E-state index in [0.29, 0.717) is 11.5 Å². The quantitative estimate of drug-likeness (QED) is 0.330. The summed E-state index contributed by atoms with van der Waals surface area (Å²) in [6, 6.07) is 20.8. The molecule has 0 saturated heterocycles. The first-order chi connectivity index (χ1) is 14.6. The van der Waals surface area contributed by atoms with Crippen molar-refractivity contribution in [3.05, 3.63) is 108 Å². The Morgan fingerprint density at radius 1 is 0.667 bits per heavy atom. The standard InChI is InChI=1S/C24H18O6/c1-2-13-28-22(25)17-14-18(23(26)29-20-9-5-3-6-10-20)16-19(15-17)24(27)30-21-11-7-4-8-12-21/h2-12,14-16H,1,13H2. The van der Waals surface area contributed by atoms with Crippen molar-refractivity contribution in [2.24, 2.45) is 0 Å². The molecule has 0 atom stereocenters. The molecular formula is C24H18O6. The lowest BCUT2D eigenvalue weighted by Crippen LogP contribution is -2.15. The summed E-state index contributed by atoms with van der Waals surface area (Å²) in [7, 11) is 0. The Bertz CT molecular complexity index is 986. The van der Waals surface area contributed by atoms with Gasteiger partial charge in [0.1, 0.15) is 18.1 Å². The summed E-state index contributed by atoms with van der Waals surface area (Å²) in [5.41, 5.74) is 0.0261. The third-order valence-corrected chi connectivity index (χ3v) is 3.88. The van der Waals surface area contributed by atoms with E-state index in [1.807, 2.05) is 0 Å². The third kappa shape index (κ3) is 5.42. The Balaban J connectivity index is 1.91. The van der Waals surface area contributed by atoms with Crippen LogP contribution in [-0.4, -0.2) is 24.5 Å². The molecular weight excluding hydrogens is 384 g/mol. The van der Waals surface area contributed by atoms with Crippen LogP contribution in [0, 0.1) is 0 Å². The van der Waals surface area contributed by atoms with Crippen molar-refractivity contribution in [1.29, 1.82) is 0 Å². The zero-order valence-corrected chi connectivity index (χ0v) is 15.9. The topological polar surface area (TPSA) is 78.9 Å². The highest BCUT2D eigenvalue weighted by Gasteiger charge is 2.19. The molecule has 3 rings (SSSR count). The fourth-order valence-corrected chi connectivity index (χ4v) is 2.51. The fraction of sp³-hybridized carbons (Fsp3) is 0.0417. The van der Waals surface area contributed by atoms with Crippen LogP contribution in [0.2, 0.25) is 0 Å². The third-order valence-electron chi connectivity index (χ3n) is 3.88. The van der Waals surface area contributed by atoms with Crippen LogP contribution in [0.1, 0.15) is 31.1 Å². The van der Waals surface area contributed by atoms with Crippen molar-refractivity contribution in [1.82, 2.24) is 0 Å². The van der Waals surface area contributed by atoms with Crippen LogP contribution in [0.4, 0.5) is 0 Å². The van der Waals surface area contributed by atoms with Gasteiger partial charge < -0.3 is 14.2 Å². The monoisotopic (exact) mass is 402 g/mol. The van der Waals surface area contributed by atoms with Crippen molar-refractivity contribution in [2.45, 2.75) is 0 Å². The second-order valence-corrected chi connectivity index (χ2v) is 6.09. The Hall–Kier alpha value is -4.19. The maximum absolute atomic E-state index is 12.6. The van der Waals surface area contributed by atoms with Crippen LogP contribution < -0.4 is 9.47 Å². The number of hydrogen-bond acceptors (Lipinski definition) is 6. The fourth-order valence-electron chi connectivity index (χ4n) is 2.51. The number of hydrogen-bond donors (Lipinski definition) is 0. The van der Waals surface area contributed by atoms with Crippen LogP contribution >= 0.6 is 0 Å². The summed E-state index contributed by atoms with van der Waals surface area (Å²) in [5, 5.41) is 0. The van der Waals surface area contributed by atoms with Crippen LogP contribution in [0.15, 0.2) is 91.5 Å². The molecule has 0 saturated carbocycles. The molecule has 0 aliphatic rings. The number of carbonyl (C=O) groups is 3. The van der Waals surface area contributed by atoms with E-state index in [-0.39, 0.29) is 23.3 Å². The summed E-state index contributed by atoms with van der Waals surface area (Å²) in [6.07, 6.45) is 1.41. The number of esters is 3. The van der Waals surface area contributed by atoms with Gasteiger partial charge in [-0.1, -0.05) is 49.1 Å². The minimum Gasteiger partial charge on any atom is -0.458 e. The highest BCUT2D eigenvalue weighted by Crippen LogP contribution is 2.18. The number of ether oxygens (including phenoxy) is 3. The molecule has 0 aliphatic heterocycles. The number of rotatable bonds is 7. The van der Waals surface area contributed by atoms with E-state index >= 15 is 0 Å². The highest BCUT2D eigenvalue weighted by molar-refractivity contribution is 6.01. The van der Waals surface area contributed by atoms with Gasteiger partial charge in [0.15, 0.2) is 0 Å². The summed E-state index contributed by atoms with van der Waals surface area (Å²) < 4.78 is 15.6. The van der Waals surface area contributed by atoms with E-state index in [2.05, 4.69) is 6.58 Å². The molecule has 6 heteroatoms. The minimum atomic E-state index is -0.728. The summed E-state index contributed by atoms with van der Waals surface area (Å²) in [4.78, 5) is 37.5. The van der Waals surface area contributed by atoms with E-state index < -0.39 is 17.9 Å². The predicted octanol–water partition coefficient (Wildman–Crippen LogP) is 4.47. The van der Waals surface area contributed by atoms with Gasteiger partial charge in [0.05, 0.1) is 16.7 Å². The maximum Gasteiger partial charge on any atom is 0.343 e. The normalized spacial score (nSPS) is 10.0. The second kappa shape index (κ2) is 9.84. The van der Waals surface area contributed by atoms with Crippen molar-refractivity contribution in [2.75, 3.05) is 6.61 Å².